The number of aromatic nitrogens is 3. The third kappa shape index (κ3) is 5.95. The van der Waals surface area contributed by atoms with Crippen molar-refractivity contribution < 1.29 is 9.59 Å². The predicted molar refractivity (Wildman–Crippen MR) is 136 cm³/mol. The maximum atomic E-state index is 13.3. The van der Waals surface area contributed by atoms with Gasteiger partial charge in [-0.05, 0) is 49.1 Å². The number of anilines is 1. The van der Waals surface area contributed by atoms with Crippen molar-refractivity contribution in [2.45, 2.75) is 31.7 Å². The molecule has 1 atom stereocenters. The zero-order valence-corrected chi connectivity index (χ0v) is 20.7. The van der Waals surface area contributed by atoms with Gasteiger partial charge >= 0.3 is 0 Å². The number of hydrogen-bond acceptors (Lipinski definition) is 6. The highest BCUT2D eigenvalue weighted by Gasteiger charge is 2.31. The van der Waals surface area contributed by atoms with E-state index < -0.39 is 0 Å². The first-order valence-electron chi connectivity index (χ1n) is 11.7. The third-order valence-corrected chi connectivity index (χ3v) is 6.26. The largest absolute Gasteiger partial charge is 0.351 e. The van der Waals surface area contributed by atoms with Crippen LogP contribution in [0.2, 0.25) is 5.02 Å². The summed E-state index contributed by atoms with van der Waals surface area (Å²) < 4.78 is 0. The Morgan fingerprint density at radius 3 is 2.77 bits per heavy atom. The summed E-state index contributed by atoms with van der Waals surface area (Å²) in [5, 5.41) is 3.45. The number of pyridine rings is 1. The number of nitrogens with one attached hydrogen (secondary N) is 1. The van der Waals surface area contributed by atoms with Crippen molar-refractivity contribution in [3.63, 3.8) is 0 Å². The molecule has 182 valence electrons. The van der Waals surface area contributed by atoms with Crippen molar-refractivity contribution in [1.29, 1.82) is 0 Å². The van der Waals surface area contributed by atoms with Crippen LogP contribution in [0.25, 0.3) is 11.1 Å². The lowest BCUT2D eigenvalue weighted by atomic mass is 9.93. The number of likely N-dealkylation sites (tertiary alicyclic amines) is 1. The van der Waals surface area contributed by atoms with E-state index >= 15 is 0 Å². The highest BCUT2D eigenvalue weighted by atomic mass is 35.5. The number of carbonyl (C=O) groups is 2. The van der Waals surface area contributed by atoms with Crippen LogP contribution in [-0.4, -0.2) is 58.9 Å². The van der Waals surface area contributed by atoms with Gasteiger partial charge in [-0.3, -0.25) is 14.6 Å². The van der Waals surface area contributed by atoms with Crippen LogP contribution < -0.4 is 10.2 Å². The number of hydrogen-bond donors (Lipinski definition) is 1. The molecule has 0 unspecified atom stereocenters. The number of rotatable bonds is 7. The average molecular weight is 493 g/mol. The van der Waals surface area contributed by atoms with Gasteiger partial charge in [-0.15, -0.1) is 0 Å². The van der Waals surface area contributed by atoms with Crippen molar-refractivity contribution in [2.75, 3.05) is 32.1 Å². The molecule has 8 nitrogen and oxygen atoms in total. The Bertz CT molecular complexity index is 1190. The zero-order chi connectivity index (χ0) is 24.8. The summed E-state index contributed by atoms with van der Waals surface area (Å²) in [5.41, 5.74) is 3.07. The van der Waals surface area contributed by atoms with Gasteiger partial charge in [0.2, 0.25) is 11.9 Å². The van der Waals surface area contributed by atoms with Gasteiger partial charge in [-0.1, -0.05) is 23.7 Å². The lowest BCUT2D eigenvalue weighted by Crippen LogP contribution is -2.40. The molecular weight excluding hydrogens is 464 g/mol. The maximum absolute atomic E-state index is 13.3. The molecule has 4 rings (SSSR count). The van der Waals surface area contributed by atoms with E-state index in [1.165, 1.54) is 6.20 Å². The smallest absolute Gasteiger partial charge is 0.252 e. The van der Waals surface area contributed by atoms with Gasteiger partial charge in [-0.2, -0.15) is 0 Å². The number of carbonyl (C=O) groups excluding carboxylic acids is 2. The van der Waals surface area contributed by atoms with E-state index in [1.54, 1.807) is 18.3 Å². The minimum atomic E-state index is -0.240. The topological polar surface area (TPSA) is 91.3 Å². The first-order valence-corrected chi connectivity index (χ1v) is 12.1. The lowest BCUT2D eigenvalue weighted by molar-refractivity contribution is -0.135. The molecule has 1 N–H and O–H groups in total. The van der Waals surface area contributed by atoms with E-state index in [1.807, 2.05) is 54.4 Å². The van der Waals surface area contributed by atoms with E-state index in [4.69, 9.17) is 16.6 Å². The van der Waals surface area contributed by atoms with E-state index in [2.05, 4.69) is 15.3 Å². The molecule has 1 aliphatic heterocycles. The fourth-order valence-corrected chi connectivity index (χ4v) is 4.46. The van der Waals surface area contributed by atoms with Crippen molar-refractivity contribution >= 4 is 29.4 Å². The average Bonchev–Trinajstić information content (AvgIpc) is 2.88. The molecule has 2 aromatic heterocycles. The number of halogens is 1. The number of benzene rings is 1. The molecule has 0 bridgehead atoms. The second-order valence-electron chi connectivity index (χ2n) is 8.72. The summed E-state index contributed by atoms with van der Waals surface area (Å²) in [6.45, 7) is 0.903. The van der Waals surface area contributed by atoms with Crippen molar-refractivity contribution in [3.8, 4) is 11.1 Å². The highest BCUT2D eigenvalue weighted by molar-refractivity contribution is 6.30. The maximum Gasteiger partial charge on any atom is 0.252 e. The lowest BCUT2D eigenvalue weighted by Gasteiger charge is -2.36. The minimum Gasteiger partial charge on any atom is -0.351 e. The normalized spacial score (nSPS) is 15.5. The van der Waals surface area contributed by atoms with Gasteiger partial charge in [0.1, 0.15) is 0 Å². The number of piperidine rings is 1. The summed E-state index contributed by atoms with van der Waals surface area (Å²) >= 11 is 6.27. The molecule has 3 aromatic rings. The molecule has 0 radical (unpaired) electrons. The van der Waals surface area contributed by atoms with Gasteiger partial charge in [0.15, 0.2) is 0 Å². The van der Waals surface area contributed by atoms with Crippen LogP contribution in [0.1, 0.15) is 47.8 Å². The Labute approximate surface area is 210 Å². The standard InChI is InChI=1S/C26H29ClN6O2/c1-32(2)26-30-17-21(18-7-5-9-20(27)15-18)24(31-26)22-10-3-4-14-33(22)23(34)11-13-29-25(35)19-8-6-12-28-16-19/h5-9,12,15-17,22H,3-4,10-11,13-14H2,1-2H3,(H,29,35)/t22-/m0/s1. The van der Waals surface area contributed by atoms with Gasteiger partial charge in [-0.25, -0.2) is 9.97 Å². The third-order valence-electron chi connectivity index (χ3n) is 6.03. The molecule has 1 fully saturated rings. The summed E-state index contributed by atoms with van der Waals surface area (Å²) in [6.07, 6.45) is 7.89. The molecule has 9 heteroatoms. The zero-order valence-electron chi connectivity index (χ0n) is 19.9. The second kappa shape index (κ2) is 11.3. The molecule has 3 heterocycles. The Hall–Kier alpha value is -3.52. The molecule has 1 saturated heterocycles. The van der Waals surface area contributed by atoms with Crippen molar-refractivity contribution in [1.82, 2.24) is 25.2 Å². The van der Waals surface area contributed by atoms with Crippen LogP contribution >= 0.6 is 11.6 Å². The van der Waals surface area contributed by atoms with Gasteiger partial charge in [0, 0.05) is 62.8 Å². The second-order valence-corrected chi connectivity index (χ2v) is 9.16. The summed E-state index contributed by atoms with van der Waals surface area (Å²) in [6, 6.07) is 10.8. The fourth-order valence-electron chi connectivity index (χ4n) is 4.27. The van der Waals surface area contributed by atoms with E-state index in [9.17, 15) is 9.59 Å². The van der Waals surface area contributed by atoms with Crippen LogP contribution in [-0.2, 0) is 4.79 Å². The number of amides is 2. The first-order chi connectivity index (χ1) is 16.9. The van der Waals surface area contributed by atoms with Gasteiger partial charge in [0.05, 0.1) is 17.3 Å². The van der Waals surface area contributed by atoms with Crippen LogP contribution in [0.15, 0.2) is 55.0 Å². The fraction of sp³-hybridized carbons (Fsp3) is 0.346. The predicted octanol–water partition coefficient (Wildman–Crippen LogP) is 4.13. The highest BCUT2D eigenvalue weighted by Crippen LogP contribution is 2.37. The summed E-state index contributed by atoms with van der Waals surface area (Å²) in [4.78, 5) is 42.7. The van der Waals surface area contributed by atoms with E-state index in [0.717, 1.165) is 36.1 Å². The Morgan fingerprint density at radius 1 is 1.17 bits per heavy atom. The summed E-state index contributed by atoms with van der Waals surface area (Å²) in [7, 11) is 3.79. The van der Waals surface area contributed by atoms with Crippen molar-refractivity contribution in [2.24, 2.45) is 0 Å². The van der Waals surface area contributed by atoms with E-state index in [-0.39, 0.29) is 30.8 Å². The van der Waals surface area contributed by atoms with Crippen LogP contribution in [0.5, 0.6) is 0 Å². The van der Waals surface area contributed by atoms with Gasteiger partial charge < -0.3 is 15.1 Å². The molecule has 1 aliphatic rings. The van der Waals surface area contributed by atoms with Crippen molar-refractivity contribution in [3.05, 3.63) is 71.3 Å². The number of nitrogens with zero attached hydrogens (tertiary/aromatic N) is 5. The van der Waals surface area contributed by atoms with Crippen LogP contribution in [0.4, 0.5) is 5.95 Å². The molecule has 2 amide bonds. The molecule has 35 heavy (non-hydrogen) atoms. The Balaban J connectivity index is 1.56. The van der Waals surface area contributed by atoms with E-state index in [0.29, 0.717) is 23.1 Å². The molecule has 0 saturated carbocycles. The Morgan fingerprint density at radius 2 is 2.03 bits per heavy atom. The SMILES string of the molecule is CN(C)c1ncc(-c2cccc(Cl)c2)c([C@@H]2CCCCN2C(=O)CCNC(=O)c2cccnc2)n1. The summed E-state index contributed by atoms with van der Waals surface area (Å²) in [5.74, 6) is 0.339. The first kappa shape index (κ1) is 24.6. The van der Waals surface area contributed by atoms with Gasteiger partial charge in [0.25, 0.3) is 5.91 Å². The van der Waals surface area contributed by atoms with Crippen LogP contribution in [0.3, 0.4) is 0 Å². The molecule has 1 aromatic carbocycles. The minimum absolute atomic E-state index is 0.0109. The Kier molecular flexibility index (Phi) is 7.92. The molecule has 0 aliphatic carbocycles. The van der Waals surface area contributed by atoms with Crippen LogP contribution in [0, 0.1) is 0 Å². The monoisotopic (exact) mass is 492 g/mol. The molecule has 0 spiro atoms. The molecular formula is C26H29ClN6O2. The quantitative estimate of drug-likeness (QED) is 0.533.